The first-order chi connectivity index (χ1) is 15.5. The lowest BCUT2D eigenvalue weighted by atomic mass is 10.0. The smallest absolute Gasteiger partial charge is 0.229 e. The van der Waals surface area contributed by atoms with Crippen LogP contribution in [0.4, 0.5) is 27.5 Å². The molecule has 0 atom stereocenters. The van der Waals surface area contributed by atoms with Crippen LogP contribution in [0.2, 0.25) is 0 Å². The van der Waals surface area contributed by atoms with Crippen molar-refractivity contribution in [3.05, 3.63) is 29.7 Å². The van der Waals surface area contributed by atoms with Gasteiger partial charge in [0.25, 0.3) is 0 Å². The van der Waals surface area contributed by atoms with E-state index in [-0.39, 0.29) is 5.82 Å². The predicted molar refractivity (Wildman–Crippen MR) is 125 cm³/mol. The largest absolute Gasteiger partial charge is 0.494 e. The van der Waals surface area contributed by atoms with Gasteiger partial charge in [-0.25, -0.2) is 9.37 Å². The summed E-state index contributed by atoms with van der Waals surface area (Å²) in [6.07, 6.45) is 3.87. The summed E-state index contributed by atoms with van der Waals surface area (Å²) >= 11 is 0. The Labute approximate surface area is 189 Å². The fourth-order valence-corrected chi connectivity index (χ4v) is 4.09. The molecule has 0 spiro atoms. The average Bonchev–Trinajstić information content (AvgIpc) is 2.81. The molecule has 2 N–H and O–H groups in total. The highest BCUT2D eigenvalue weighted by molar-refractivity contribution is 5.69. The lowest BCUT2D eigenvalue weighted by Gasteiger charge is -2.34. The third kappa shape index (κ3) is 5.39. The van der Waals surface area contributed by atoms with Crippen molar-refractivity contribution in [3.8, 4) is 5.75 Å². The van der Waals surface area contributed by atoms with Crippen LogP contribution in [0.25, 0.3) is 0 Å². The van der Waals surface area contributed by atoms with Gasteiger partial charge in [0.1, 0.15) is 17.4 Å². The van der Waals surface area contributed by atoms with E-state index in [1.165, 1.54) is 6.07 Å². The Hall–Kier alpha value is -2.65. The zero-order valence-electron chi connectivity index (χ0n) is 19.2. The second-order valence-corrected chi connectivity index (χ2v) is 8.58. The minimum absolute atomic E-state index is 0.289. The summed E-state index contributed by atoms with van der Waals surface area (Å²) in [6.45, 7) is 7.83. The lowest BCUT2D eigenvalue weighted by molar-refractivity contribution is 0.0699. The Morgan fingerprint density at radius 3 is 2.66 bits per heavy atom. The molecule has 0 amide bonds. The van der Waals surface area contributed by atoms with Crippen LogP contribution in [0.3, 0.4) is 0 Å². The molecule has 2 aliphatic heterocycles. The third-order valence-electron chi connectivity index (χ3n) is 6.23. The van der Waals surface area contributed by atoms with Gasteiger partial charge < -0.3 is 29.9 Å². The summed E-state index contributed by atoms with van der Waals surface area (Å²) in [6, 6.07) is 3.21. The maximum Gasteiger partial charge on any atom is 0.229 e. The number of rotatable bonds is 7. The molecular weight excluding hydrogens is 411 g/mol. The highest BCUT2D eigenvalue weighted by atomic mass is 19.1. The summed E-state index contributed by atoms with van der Waals surface area (Å²) in [4.78, 5) is 13.3. The van der Waals surface area contributed by atoms with Gasteiger partial charge in [-0.15, -0.1) is 0 Å². The number of aryl methyl sites for hydroxylation is 1. The van der Waals surface area contributed by atoms with Crippen molar-refractivity contribution in [2.45, 2.75) is 19.8 Å². The first kappa shape index (κ1) is 22.5. The normalized spacial score (nSPS) is 17.9. The second-order valence-electron chi connectivity index (χ2n) is 8.58. The number of piperazine rings is 1. The fraction of sp³-hybridized carbons (Fsp3) is 0.565. The van der Waals surface area contributed by atoms with Crippen molar-refractivity contribution in [2.75, 3.05) is 75.6 Å². The molecule has 1 aromatic heterocycles. The quantitative estimate of drug-likeness (QED) is 0.674. The Morgan fingerprint density at radius 1 is 1.19 bits per heavy atom. The van der Waals surface area contributed by atoms with Gasteiger partial charge in [0, 0.05) is 69.8 Å². The molecule has 3 heterocycles. The highest BCUT2D eigenvalue weighted by Gasteiger charge is 2.20. The van der Waals surface area contributed by atoms with E-state index >= 15 is 4.39 Å². The summed E-state index contributed by atoms with van der Waals surface area (Å²) < 4.78 is 26.0. The van der Waals surface area contributed by atoms with Gasteiger partial charge in [-0.2, -0.15) is 4.98 Å². The highest BCUT2D eigenvalue weighted by Crippen LogP contribution is 2.34. The third-order valence-corrected chi connectivity index (χ3v) is 6.23. The Morgan fingerprint density at radius 2 is 1.94 bits per heavy atom. The van der Waals surface area contributed by atoms with E-state index in [9.17, 15) is 0 Å². The van der Waals surface area contributed by atoms with Crippen molar-refractivity contribution < 1.29 is 13.9 Å². The van der Waals surface area contributed by atoms with Gasteiger partial charge >= 0.3 is 0 Å². The first-order valence-corrected chi connectivity index (χ1v) is 11.3. The Balaban J connectivity index is 1.48. The molecule has 8 nitrogen and oxygen atoms in total. The summed E-state index contributed by atoms with van der Waals surface area (Å²) in [5, 5.41) is 6.57. The van der Waals surface area contributed by atoms with Gasteiger partial charge in [0.15, 0.2) is 0 Å². The molecule has 0 bridgehead atoms. The number of nitrogens with zero attached hydrogens (tertiary/aromatic N) is 4. The number of hydrogen-bond acceptors (Lipinski definition) is 8. The molecule has 9 heteroatoms. The first-order valence-electron chi connectivity index (χ1n) is 11.3. The molecule has 2 fully saturated rings. The zero-order valence-corrected chi connectivity index (χ0v) is 19.2. The number of halogens is 1. The van der Waals surface area contributed by atoms with Gasteiger partial charge in [-0.1, -0.05) is 0 Å². The zero-order chi connectivity index (χ0) is 22.5. The van der Waals surface area contributed by atoms with Crippen LogP contribution in [0.5, 0.6) is 5.75 Å². The molecule has 32 heavy (non-hydrogen) atoms. The van der Waals surface area contributed by atoms with E-state index < -0.39 is 0 Å². The van der Waals surface area contributed by atoms with Crippen molar-refractivity contribution in [1.29, 1.82) is 0 Å². The molecule has 2 aromatic rings. The topological polar surface area (TPSA) is 74.8 Å². The number of hydrogen-bond donors (Lipinski definition) is 2. The van der Waals surface area contributed by atoms with Crippen LogP contribution >= 0.6 is 0 Å². The van der Waals surface area contributed by atoms with E-state index in [4.69, 9.17) is 9.47 Å². The number of methoxy groups -OCH3 is 1. The van der Waals surface area contributed by atoms with Crippen LogP contribution in [0.1, 0.15) is 18.4 Å². The van der Waals surface area contributed by atoms with Crippen molar-refractivity contribution in [1.82, 2.24) is 14.9 Å². The van der Waals surface area contributed by atoms with Crippen LogP contribution in [-0.4, -0.2) is 75.0 Å². The predicted octanol–water partition coefficient (Wildman–Crippen LogP) is 3.27. The second kappa shape index (κ2) is 10.3. The minimum Gasteiger partial charge on any atom is -0.494 e. The van der Waals surface area contributed by atoms with Gasteiger partial charge in [0.05, 0.1) is 18.5 Å². The standard InChI is InChI=1S/C23H33FN6O2/c1-16-14-26-23(28-22(16)25-15-17-4-10-32-11-5-17)27-19-12-18(24)20(13-21(19)31-3)30-8-6-29(2)7-9-30/h12-14,17H,4-11,15H2,1-3H3,(H2,25,26,27,28). The molecule has 174 valence electrons. The molecular formula is C23H33FN6O2. The Kier molecular flexibility index (Phi) is 7.26. The van der Waals surface area contributed by atoms with Crippen molar-refractivity contribution >= 4 is 23.1 Å². The van der Waals surface area contributed by atoms with Gasteiger partial charge in [-0.3, -0.25) is 0 Å². The molecule has 2 saturated heterocycles. The number of likely N-dealkylation sites (N-methyl/N-ethyl adjacent to an activating group) is 1. The summed E-state index contributed by atoms with van der Waals surface area (Å²) in [7, 11) is 3.67. The van der Waals surface area contributed by atoms with Crippen molar-refractivity contribution in [2.24, 2.45) is 5.92 Å². The minimum atomic E-state index is -0.289. The fourth-order valence-electron chi connectivity index (χ4n) is 4.09. The van der Waals surface area contributed by atoms with E-state index in [2.05, 4.69) is 37.4 Å². The molecule has 4 rings (SSSR count). The van der Waals surface area contributed by atoms with E-state index in [1.807, 2.05) is 6.92 Å². The van der Waals surface area contributed by atoms with Crippen LogP contribution in [0, 0.1) is 18.7 Å². The molecule has 0 radical (unpaired) electrons. The molecule has 0 unspecified atom stereocenters. The SMILES string of the molecule is COc1cc(N2CCN(C)CC2)c(F)cc1Nc1ncc(C)c(NCC2CCOCC2)n1. The van der Waals surface area contributed by atoms with E-state index in [1.54, 1.807) is 19.4 Å². The number of benzene rings is 1. The maximum absolute atomic E-state index is 15.0. The summed E-state index contributed by atoms with van der Waals surface area (Å²) in [5.74, 6) is 2.02. The van der Waals surface area contributed by atoms with Crippen molar-refractivity contribution in [3.63, 3.8) is 0 Å². The average molecular weight is 445 g/mol. The lowest BCUT2D eigenvalue weighted by Crippen LogP contribution is -2.44. The maximum atomic E-state index is 15.0. The molecule has 1 aromatic carbocycles. The van der Waals surface area contributed by atoms with Gasteiger partial charge in [-0.05, 0) is 32.7 Å². The Bertz CT molecular complexity index is 914. The number of ether oxygens (including phenoxy) is 2. The van der Waals surface area contributed by atoms with Crippen LogP contribution in [-0.2, 0) is 4.74 Å². The number of nitrogens with one attached hydrogen (secondary N) is 2. The van der Waals surface area contributed by atoms with Crippen LogP contribution < -0.4 is 20.3 Å². The molecule has 2 aliphatic rings. The van der Waals surface area contributed by atoms with E-state index in [0.717, 1.165) is 70.2 Å². The van der Waals surface area contributed by atoms with Gasteiger partial charge in [0.2, 0.25) is 5.95 Å². The summed E-state index contributed by atoms with van der Waals surface area (Å²) in [5.41, 5.74) is 2.03. The molecule has 0 saturated carbocycles. The van der Waals surface area contributed by atoms with E-state index in [0.29, 0.717) is 29.0 Å². The number of aromatic nitrogens is 2. The number of anilines is 4. The monoisotopic (exact) mass is 444 g/mol. The van der Waals surface area contributed by atoms with Crippen LogP contribution in [0.15, 0.2) is 18.3 Å². The molecule has 0 aliphatic carbocycles.